The molecule has 1 aromatic heterocycles. The Balaban J connectivity index is 1.46. The van der Waals surface area contributed by atoms with Crippen molar-refractivity contribution in [2.45, 2.75) is 25.7 Å². The fourth-order valence-corrected chi connectivity index (χ4v) is 4.25. The van der Waals surface area contributed by atoms with Crippen molar-refractivity contribution in [1.82, 2.24) is 20.0 Å². The van der Waals surface area contributed by atoms with Gasteiger partial charge in [0.15, 0.2) is 0 Å². The molecule has 0 radical (unpaired) electrons. The van der Waals surface area contributed by atoms with Crippen LogP contribution in [-0.4, -0.2) is 64.5 Å². The molecular formula is C25H28FN5O3. The molecule has 0 atom stereocenters. The van der Waals surface area contributed by atoms with Crippen LogP contribution in [0.3, 0.4) is 0 Å². The molecule has 0 unspecified atom stereocenters. The molecule has 1 aliphatic rings. The first-order chi connectivity index (χ1) is 16.5. The number of aromatic amines is 1. The van der Waals surface area contributed by atoms with E-state index in [0.29, 0.717) is 62.2 Å². The standard InChI is InChI=1S/C25H28FN5O3/c26-21-9-8-17(16-22-18-5-1-2-6-19(18)24(33)29-28-22)15-20(21)25(34)31-13-11-30(12-14-31)23(32)7-3-4-10-27/h1-2,5-6,8-9,15H,3-4,7,10-14,16,27H2,(H,29,33). The molecule has 0 spiro atoms. The van der Waals surface area contributed by atoms with Crippen molar-refractivity contribution in [2.24, 2.45) is 5.73 Å². The number of nitrogens with zero attached hydrogens (tertiary/aromatic N) is 3. The van der Waals surface area contributed by atoms with Crippen LogP contribution in [0.2, 0.25) is 0 Å². The molecule has 2 heterocycles. The number of unbranched alkanes of at least 4 members (excludes halogenated alkanes) is 1. The van der Waals surface area contributed by atoms with E-state index < -0.39 is 11.7 Å². The van der Waals surface area contributed by atoms with Crippen molar-refractivity contribution < 1.29 is 14.0 Å². The molecule has 8 nitrogen and oxygen atoms in total. The number of benzene rings is 2. The molecule has 0 saturated carbocycles. The van der Waals surface area contributed by atoms with Crippen LogP contribution in [0.5, 0.6) is 0 Å². The number of nitrogens with two attached hydrogens (primary N) is 1. The minimum atomic E-state index is -0.590. The smallest absolute Gasteiger partial charge is 0.272 e. The molecule has 1 fully saturated rings. The summed E-state index contributed by atoms with van der Waals surface area (Å²) >= 11 is 0. The lowest BCUT2D eigenvalue weighted by molar-refractivity contribution is -0.132. The summed E-state index contributed by atoms with van der Waals surface area (Å²) in [5.74, 6) is -0.920. The van der Waals surface area contributed by atoms with Gasteiger partial charge in [0.2, 0.25) is 5.91 Å². The molecule has 0 aliphatic carbocycles. The summed E-state index contributed by atoms with van der Waals surface area (Å²) in [4.78, 5) is 40.7. The van der Waals surface area contributed by atoms with E-state index in [-0.39, 0.29) is 17.0 Å². The van der Waals surface area contributed by atoms with Gasteiger partial charge in [-0.15, -0.1) is 0 Å². The first-order valence-electron chi connectivity index (χ1n) is 11.5. The minimum absolute atomic E-state index is 0.00560. The number of H-pyrrole nitrogens is 1. The van der Waals surface area contributed by atoms with Crippen LogP contribution >= 0.6 is 0 Å². The second-order valence-electron chi connectivity index (χ2n) is 8.45. The van der Waals surface area contributed by atoms with Crippen molar-refractivity contribution in [2.75, 3.05) is 32.7 Å². The summed E-state index contributed by atoms with van der Waals surface area (Å²) in [5, 5.41) is 7.92. The van der Waals surface area contributed by atoms with Gasteiger partial charge >= 0.3 is 0 Å². The SMILES string of the molecule is NCCCCC(=O)N1CCN(C(=O)c2cc(Cc3n[nH]c(=O)c4ccccc34)ccc2F)CC1. The Morgan fingerprint density at radius 1 is 1.00 bits per heavy atom. The third kappa shape index (κ3) is 5.14. The average molecular weight is 466 g/mol. The predicted octanol–water partition coefficient (Wildman–Crippen LogP) is 2.07. The normalized spacial score (nSPS) is 13.9. The molecule has 2 amide bonds. The summed E-state index contributed by atoms with van der Waals surface area (Å²) in [6.45, 7) is 2.15. The van der Waals surface area contributed by atoms with Gasteiger partial charge in [-0.25, -0.2) is 9.49 Å². The lowest BCUT2D eigenvalue weighted by Gasteiger charge is -2.35. The molecule has 3 N–H and O–H groups in total. The monoisotopic (exact) mass is 465 g/mol. The Kier molecular flexibility index (Phi) is 7.32. The Hall–Kier alpha value is -3.59. The van der Waals surface area contributed by atoms with Gasteiger partial charge in [0.05, 0.1) is 16.6 Å². The third-order valence-corrected chi connectivity index (χ3v) is 6.17. The maximum atomic E-state index is 14.6. The maximum absolute atomic E-state index is 14.6. The summed E-state index contributed by atoms with van der Waals surface area (Å²) in [6.07, 6.45) is 2.36. The van der Waals surface area contributed by atoms with Crippen molar-refractivity contribution >= 4 is 22.6 Å². The topological polar surface area (TPSA) is 112 Å². The number of aromatic nitrogens is 2. The van der Waals surface area contributed by atoms with Gasteiger partial charge in [-0.1, -0.05) is 24.3 Å². The number of carbonyl (C=O) groups is 2. The molecular weight excluding hydrogens is 437 g/mol. The van der Waals surface area contributed by atoms with Crippen LogP contribution < -0.4 is 11.3 Å². The van der Waals surface area contributed by atoms with Crippen molar-refractivity contribution in [3.05, 3.63) is 75.5 Å². The van der Waals surface area contributed by atoms with Gasteiger partial charge in [0.1, 0.15) is 5.82 Å². The van der Waals surface area contributed by atoms with Crippen molar-refractivity contribution in [1.29, 1.82) is 0 Å². The molecule has 1 aliphatic heterocycles. The zero-order valence-corrected chi connectivity index (χ0v) is 18.9. The minimum Gasteiger partial charge on any atom is -0.339 e. The van der Waals surface area contributed by atoms with Gasteiger partial charge in [0, 0.05) is 44.4 Å². The van der Waals surface area contributed by atoms with E-state index in [1.165, 1.54) is 6.07 Å². The number of piperazine rings is 1. The summed E-state index contributed by atoms with van der Waals surface area (Å²) in [7, 11) is 0. The Bertz CT molecular complexity index is 1250. The van der Waals surface area contributed by atoms with Gasteiger partial charge in [-0.3, -0.25) is 14.4 Å². The largest absolute Gasteiger partial charge is 0.339 e. The van der Waals surface area contributed by atoms with Crippen LogP contribution in [0.1, 0.15) is 40.9 Å². The Morgan fingerprint density at radius 3 is 2.44 bits per heavy atom. The van der Waals surface area contributed by atoms with Gasteiger partial charge in [0.25, 0.3) is 11.5 Å². The molecule has 4 rings (SSSR count). The number of rotatable bonds is 7. The zero-order valence-electron chi connectivity index (χ0n) is 18.9. The lowest BCUT2D eigenvalue weighted by atomic mass is 10.0. The quantitative estimate of drug-likeness (QED) is 0.519. The van der Waals surface area contributed by atoms with E-state index in [4.69, 9.17) is 5.73 Å². The van der Waals surface area contributed by atoms with Crippen LogP contribution in [0.4, 0.5) is 4.39 Å². The molecule has 178 valence electrons. The van der Waals surface area contributed by atoms with Gasteiger partial charge < -0.3 is 15.5 Å². The number of hydrogen-bond acceptors (Lipinski definition) is 5. The van der Waals surface area contributed by atoms with E-state index in [1.807, 2.05) is 12.1 Å². The van der Waals surface area contributed by atoms with E-state index in [1.54, 1.807) is 34.1 Å². The molecule has 3 aromatic rings. The second-order valence-corrected chi connectivity index (χ2v) is 8.45. The van der Waals surface area contributed by atoms with Crippen LogP contribution in [0.25, 0.3) is 10.8 Å². The number of fused-ring (bicyclic) bond motifs is 1. The van der Waals surface area contributed by atoms with E-state index >= 15 is 0 Å². The second kappa shape index (κ2) is 10.6. The number of halogens is 1. The first kappa shape index (κ1) is 23.6. The highest BCUT2D eigenvalue weighted by molar-refractivity contribution is 5.95. The van der Waals surface area contributed by atoms with E-state index in [9.17, 15) is 18.8 Å². The third-order valence-electron chi connectivity index (χ3n) is 6.17. The average Bonchev–Trinajstić information content (AvgIpc) is 2.87. The fourth-order valence-electron chi connectivity index (χ4n) is 4.25. The van der Waals surface area contributed by atoms with Crippen LogP contribution in [0.15, 0.2) is 47.3 Å². The Labute approximate surface area is 196 Å². The summed E-state index contributed by atoms with van der Waals surface area (Å²) < 4.78 is 14.6. The molecule has 1 saturated heterocycles. The van der Waals surface area contributed by atoms with Crippen LogP contribution in [0, 0.1) is 5.82 Å². The van der Waals surface area contributed by atoms with Crippen molar-refractivity contribution in [3.63, 3.8) is 0 Å². The number of nitrogens with one attached hydrogen (secondary N) is 1. The molecule has 2 aromatic carbocycles. The number of carbonyl (C=O) groups excluding carboxylic acids is 2. The highest BCUT2D eigenvalue weighted by atomic mass is 19.1. The highest BCUT2D eigenvalue weighted by Crippen LogP contribution is 2.20. The maximum Gasteiger partial charge on any atom is 0.272 e. The van der Waals surface area contributed by atoms with Gasteiger partial charge in [-0.05, 0) is 43.1 Å². The van der Waals surface area contributed by atoms with E-state index in [0.717, 1.165) is 18.2 Å². The Morgan fingerprint density at radius 2 is 1.71 bits per heavy atom. The fraction of sp³-hybridized carbons (Fsp3) is 0.360. The summed E-state index contributed by atoms with van der Waals surface area (Å²) in [5.41, 5.74) is 6.55. The van der Waals surface area contributed by atoms with Crippen LogP contribution in [-0.2, 0) is 11.2 Å². The highest BCUT2D eigenvalue weighted by Gasteiger charge is 2.26. The number of hydrogen-bond donors (Lipinski definition) is 2. The summed E-state index contributed by atoms with van der Waals surface area (Å²) in [6, 6.07) is 11.6. The van der Waals surface area contributed by atoms with Crippen molar-refractivity contribution in [3.8, 4) is 0 Å². The molecule has 34 heavy (non-hydrogen) atoms. The number of amides is 2. The molecule has 9 heteroatoms. The predicted molar refractivity (Wildman–Crippen MR) is 127 cm³/mol. The zero-order chi connectivity index (χ0) is 24.1. The lowest BCUT2D eigenvalue weighted by Crippen LogP contribution is -2.50. The van der Waals surface area contributed by atoms with E-state index in [2.05, 4.69) is 10.2 Å². The first-order valence-corrected chi connectivity index (χ1v) is 11.5. The van der Waals surface area contributed by atoms with Gasteiger partial charge in [-0.2, -0.15) is 5.10 Å². The molecule has 0 bridgehead atoms.